The third kappa shape index (κ3) is 3.76. The lowest BCUT2D eigenvalue weighted by Crippen LogP contribution is -2.23. The molecule has 2 aromatic carbocycles. The Morgan fingerprint density at radius 1 is 1.12 bits per heavy atom. The van der Waals surface area contributed by atoms with Crippen molar-refractivity contribution in [3.8, 4) is 0 Å². The molecule has 1 amide bonds. The largest absolute Gasteiger partial charge is 0.290 e. The molecule has 2 aromatic rings. The fourth-order valence-corrected chi connectivity index (χ4v) is 3.67. The topological polar surface area (TPSA) is 32.7 Å². The predicted molar refractivity (Wildman–Crippen MR) is 108 cm³/mol. The van der Waals surface area contributed by atoms with Crippen LogP contribution in [-0.2, 0) is 4.79 Å². The smallest absolute Gasteiger partial charge is 0.266 e. The van der Waals surface area contributed by atoms with Crippen LogP contribution in [0.2, 0.25) is 10.0 Å². The number of benzene rings is 2. The number of rotatable bonds is 2. The number of amidine groups is 1. The van der Waals surface area contributed by atoms with E-state index in [4.69, 9.17) is 23.2 Å². The van der Waals surface area contributed by atoms with E-state index in [1.807, 2.05) is 31.2 Å². The van der Waals surface area contributed by atoms with E-state index in [2.05, 4.69) is 11.9 Å². The van der Waals surface area contributed by atoms with Gasteiger partial charge in [0.05, 0.1) is 20.6 Å². The van der Waals surface area contributed by atoms with Crippen molar-refractivity contribution in [2.75, 3.05) is 7.05 Å². The molecule has 1 fully saturated rings. The summed E-state index contributed by atoms with van der Waals surface area (Å²) in [5.41, 5.74) is 3.92. The second-order valence-corrected chi connectivity index (χ2v) is 7.58. The number of likely N-dealkylation sites (N-methyl/N-ethyl adjacent to an activating group) is 1. The molecule has 3 rings (SSSR count). The molecule has 1 saturated heterocycles. The second-order valence-electron chi connectivity index (χ2n) is 5.78. The monoisotopic (exact) mass is 390 g/mol. The number of carbonyl (C=O) groups excluding carboxylic acids is 1. The Hall–Kier alpha value is -1.75. The zero-order valence-corrected chi connectivity index (χ0v) is 16.3. The average molecular weight is 391 g/mol. The Bertz CT molecular complexity index is 922. The number of halogens is 2. The molecule has 0 radical (unpaired) electrons. The van der Waals surface area contributed by atoms with Crippen LogP contribution < -0.4 is 0 Å². The van der Waals surface area contributed by atoms with E-state index < -0.39 is 0 Å². The Morgan fingerprint density at radius 3 is 2.60 bits per heavy atom. The predicted octanol–water partition coefficient (Wildman–Crippen LogP) is 5.84. The van der Waals surface area contributed by atoms with Gasteiger partial charge >= 0.3 is 0 Å². The second kappa shape index (κ2) is 7.24. The summed E-state index contributed by atoms with van der Waals surface area (Å²) in [5.74, 6) is -0.108. The van der Waals surface area contributed by atoms with Crippen molar-refractivity contribution >= 4 is 57.8 Å². The van der Waals surface area contributed by atoms with Crippen molar-refractivity contribution in [3.05, 3.63) is 68.0 Å². The third-order valence-electron chi connectivity index (χ3n) is 3.99. The van der Waals surface area contributed by atoms with E-state index in [1.165, 1.54) is 22.9 Å². The first-order valence-electron chi connectivity index (χ1n) is 7.64. The molecule has 0 aromatic heterocycles. The summed E-state index contributed by atoms with van der Waals surface area (Å²) in [5, 5.41) is 1.54. The van der Waals surface area contributed by atoms with Crippen molar-refractivity contribution in [1.29, 1.82) is 0 Å². The summed E-state index contributed by atoms with van der Waals surface area (Å²) in [6.45, 7) is 4.10. The number of aliphatic imine (C=N–C) groups is 1. The van der Waals surface area contributed by atoms with Crippen LogP contribution in [0.4, 0.5) is 5.69 Å². The summed E-state index contributed by atoms with van der Waals surface area (Å²) in [4.78, 5) is 19.2. The molecule has 0 unspecified atom stereocenters. The van der Waals surface area contributed by atoms with Gasteiger partial charge in [0.25, 0.3) is 5.91 Å². The van der Waals surface area contributed by atoms with E-state index in [-0.39, 0.29) is 5.91 Å². The maximum absolute atomic E-state index is 12.5. The molecule has 0 saturated carbocycles. The quantitative estimate of drug-likeness (QED) is 0.602. The number of nitrogens with zero attached hydrogens (tertiary/aromatic N) is 2. The van der Waals surface area contributed by atoms with Crippen molar-refractivity contribution in [3.63, 3.8) is 0 Å². The minimum Gasteiger partial charge on any atom is -0.290 e. The van der Waals surface area contributed by atoms with Gasteiger partial charge in [-0.15, -0.1) is 0 Å². The highest BCUT2D eigenvalue weighted by Gasteiger charge is 2.30. The highest BCUT2D eigenvalue weighted by molar-refractivity contribution is 8.18. The lowest BCUT2D eigenvalue weighted by molar-refractivity contribution is -0.121. The number of amides is 1. The summed E-state index contributed by atoms with van der Waals surface area (Å²) in [6, 6.07) is 11.3. The SMILES string of the molecule is Cc1ccc(N=C2S/C(=C/c3cccc(Cl)c3Cl)C(=O)N2C)cc1C. The lowest BCUT2D eigenvalue weighted by Gasteiger charge is -2.08. The van der Waals surface area contributed by atoms with Crippen LogP contribution in [0, 0.1) is 13.8 Å². The number of hydrogen-bond donors (Lipinski definition) is 0. The van der Waals surface area contributed by atoms with E-state index in [0.29, 0.717) is 25.7 Å². The third-order valence-corrected chi connectivity index (χ3v) is 5.88. The zero-order valence-electron chi connectivity index (χ0n) is 14.0. The summed E-state index contributed by atoms with van der Waals surface area (Å²) >= 11 is 13.6. The van der Waals surface area contributed by atoms with Gasteiger partial charge < -0.3 is 0 Å². The molecule has 1 aliphatic heterocycles. The van der Waals surface area contributed by atoms with Crippen molar-refractivity contribution in [2.45, 2.75) is 13.8 Å². The Kier molecular flexibility index (Phi) is 5.23. The Labute approximate surface area is 161 Å². The molecule has 6 heteroatoms. The van der Waals surface area contributed by atoms with Crippen LogP contribution in [0.1, 0.15) is 16.7 Å². The molecular weight excluding hydrogens is 375 g/mol. The number of thioether (sulfide) groups is 1. The van der Waals surface area contributed by atoms with Gasteiger partial charge in [-0.1, -0.05) is 41.4 Å². The van der Waals surface area contributed by atoms with Crippen LogP contribution in [0.15, 0.2) is 46.3 Å². The normalized spacial score (nSPS) is 17.8. The number of hydrogen-bond acceptors (Lipinski definition) is 3. The maximum Gasteiger partial charge on any atom is 0.266 e. The van der Waals surface area contributed by atoms with Gasteiger partial charge in [-0.3, -0.25) is 9.69 Å². The molecule has 0 atom stereocenters. The summed E-state index contributed by atoms with van der Waals surface area (Å²) < 4.78 is 0. The highest BCUT2D eigenvalue weighted by Crippen LogP contribution is 2.35. The molecule has 25 heavy (non-hydrogen) atoms. The van der Waals surface area contributed by atoms with Gasteiger partial charge in [-0.2, -0.15) is 0 Å². The van der Waals surface area contributed by atoms with E-state index in [9.17, 15) is 4.79 Å². The van der Waals surface area contributed by atoms with E-state index in [1.54, 1.807) is 30.2 Å². The summed E-state index contributed by atoms with van der Waals surface area (Å²) in [6.07, 6.45) is 1.75. The fraction of sp³-hybridized carbons (Fsp3) is 0.158. The molecule has 1 aliphatic rings. The van der Waals surface area contributed by atoms with Gasteiger partial charge in [-0.25, -0.2) is 4.99 Å². The lowest BCUT2D eigenvalue weighted by atomic mass is 10.1. The highest BCUT2D eigenvalue weighted by atomic mass is 35.5. The van der Waals surface area contributed by atoms with Crippen LogP contribution >= 0.6 is 35.0 Å². The van der Waals surface area contributed by atoms with Gasteiger partial charge in [0.15, 0.2) is 5.17 Å². The Balaban J connectivity index is 1.94. The molecule has 128 valence electrons. The molecule has 0 aliphatic carbocycles. The van der Waals surface area contributed by atoms with E-state index in [0.717, 1.165) is 5.69 Å². The molecular formula is C19H16Cl2N2OS. The first-order valence-corrected chi connectivity index (χ1v) is 9.21. The zero-order chi connectivity index (χ0) is 18.1. The molecule has 1 heterocycles. The van der Waals surface area contributed by atoms with Crippen LogP contribution in [0.5, 0.6) is 0 Å². The maximum atomic E-state index is 12.5. The standard InChI is InChI=1S/C19H16Cl2N2OS/c1-11-7-8-14(9-12(11)2)22-19-23(3)18(24)16(25-19)10-13-5-4-6-15(20)17(13)21/h4-10H,1-3H3/b16-10+,22-19?. The fourth-order valence-electron chi connectivity index (χ4n) is 2.33. The molecule has 0 bridgehead atoms. The molecule has 0 N–H and O–H groups in total. The van der Waals surface area contributed by atoms with Gasteiger partial charge in [-0.05, 0) is 66.6 Å². The molecule has 0 spiro atoms. The first-order chi connectivity index (χ1) is 11.9. The molecule has 3 nitrogen and oxygen atoms in total. The van der Waals surface area contributed by atoms with Crippen LogP contribution in [0.25, 0.3) is 6.08 Å². The minimum absolute atomic E-state index is 0.108. The Morgan fingerprint density at radius 2 is 1.88 bits per heavy atom. The van der Waals surface area contributed by atoms with Gasteiger partial charge in [0, 0.05) is 7.05 Å². The van der Waals surface area contributed by atoms with Gasteiger partial charge in [0.1, 0.15) is 0 Å². The van der Waals surface area contributed by atoms with Gasteiger partial charge in [0.2, 0.25) is 0 Å². The van der Waals surface area contributed by atoms with E-state index >= 15 is 0 Å². The summed E-state index contributed by atoms with van der Waals surface area (Å²) in [7, 11) is 1.72. The number of carbonyl (C=O) groups is 1. The average Bonchev–Trinajstić information content (AvgIpc) is 2.83. The van der Waals surface area contributed by atoms with Crippen molar-refractivity contribution in [1.82, 2.24) is 4.90 Å². The van der Waals surface area contributed by atoms with Crippen molar-refractivity contribution in [2.24, 2.45) is 4.99 Å². The van der Waals surface area contributed by atoms with Crippen molar-refractivity contribution < 1.29 is 4.79 Å². The van der Waals surface area contributed by atoms with Crippen LogP contribution in [0.3, 0.4) is 0 Å². The number of aryl methyl sites for hydroxylation is 2. The van der Waals surface area contributed by atoms with Crippen LogP contribution in [-0.4, -0.2) is 23.0 Å². The first kappa shape index (κ1) is 18.1. The minimum atomic E-state index is -0.108.